The van der Waals surface area contributed by atoms with Gasteiger partial charge in [0, 0.05) is 19.3 Å². The number of carbonyl (C=O) groups is 1. The summed E-state index contributed by atoms with van der Waals surface area (Å²) in [5, 5.41) is 9.94. The summed E-state index contributed by atoms with van der Waals surface area (Å²) in [5.74, 6) is -0.0998. The second-order valence-electron chi connectivity index (χ2n) is 2.61. The van der Waals surface area contributed by atoms with Crippen molar-refractivity contribution in [2.24, 2.45) is 5.73 Å². The zero-order valence-corrected chi connectivity index (χ0v) is 7.76. The highest BCUT2D eigenvalue weighted by molar-refractivity contribution is 5.75. The van der Waals surface area contributed by atoms with E-state index in [1.54, 1.807) is 18.3 Å². The van der Waals surface area contributed by atoms with Crippen LogP contribution in [0.3, 0.4) is 0 Å². The highest BCUT2D eigenvalue weighted by Crippen LogP contribution is 1.80. The molecule has 0 spiro atoms. The van der Waals surface area contributed by atoms with Crippen LogP contribution in [0.4, 0.5) is 0 Å². The van der Waals surface area contributed by atoms with Gasteiger partial charge in [0.2, 0.25) is 5.91 Å². The van der Waals surface area contributed by atoms with Gasteiger partial charge in [0.25, 0.3) is 0 Å². The van der Waals surface area contributed by atoms with E-state index < -0.39 is 0 Å². The van der Waals surface area contributed by atoms with Gasteiger partial charge in [-0.05, 0) is 0 Å². The van der Waals surface area contributed by atoms with E-state index in [2.05, 4.69) is 15.6 Å². The van der Waals surface area contributed by atoms with E-state index in [0.717, 1.165) is 0 Å². The van der Waals surface area contributed by atoms with Crippen LogP contribution < -0.4 is 11.1 Å². The summed E-state index contributed by atoms with van der Waals surface area (Å²) in [7, 11) is 0. The zero-order chi connectivity index (χ0) is 10.2. The third kappa shape index (κ3) is 3.81. The van der Waals surface area contributed by atoms with Crippen molar-refractivity contribution >= 4 is 5.91 Å². The summed E-state index contributed by atoms with van der Waals surface area (Å²) in [6, 6.07) is 0. The van der Waals surface area contributed by atoms with Crippen LogP contribution in [-0.4, -0.2) is 34.0 Å². The van der Waals surface area contributed by atoms with Crippen molar-refractivity contribution in [3.05, 3.63) is 24.5 Å². The fourth-order valence-electron chi connectivity index (χ4n) is 0.872. The molecule has 1 amide bonds. The highest BCUT2D eigenvalue weighted by atomic mass is 16.2. The fourth-order valence-corrected chi connectivity index (χ4v) is 0.872. The molecule has 0 unspecified atom stereocenters. The van der Waals surface area contributed by atoms with Crippen LogP contribution in [0.2, 0.25) is 0 Å². The van der Waals surface area contributed by atoms with E-state index in [4.69, 9.17) is 5.73 Å². The molecule has 0 aliphatic rings. The molecular weight excluding hydrogens is 182 g/mol. The van der Waals surface area contributed by atoms with Gasteiger partial charge in [-0.1, -0.05) is 17.4 Å². The molecular formula is C8H13N5O. The van der Waals surface area contributed by atoms with Gasteiger partial charge in [-0.25, -0.2) is 4.68 Å². The molecule has 0 saturated heterocycles. The normalized spacial score (nSPS) is 10.6. The second-order valence-corrected chi connectivity index (χ2v) is 2.61. The lowest BCUT2D eigenvalue weighted by Crippen LogP contribution is -2.27. The van der Waals surface area contributed by atoms with Gasteiger partial charge < -0.3 is 11.1 Å². The average Bonchev–Trinajstić information content (AvgIpc) is 2.65. The van der Waals surface area contributed by atoms with Crippen LogP contribution in [-0.2, 0) is 11.3 Å². The maximum atomic E-state index is 11.2. The maximum Gasteiger partial charge on any atom is 0.242 e. The Kier molecular flexibility index (Phi) is 4.36. The molecule has 0 aliphatic carbocycles. The first kappa shape index (κ1) is 10.4. The summed E-state index contributed by atoms with van der Waals surface area (Å²) in [4.78, 5) is 11.2. The van der Waals surface area contributed by atoms with E-state index in [9.17, 15) is 4.79 Å². The smallest absolute Gasteiger partial charge is 0.242 e. The minimum atomic E-state index is -0.0998. The van der Waals surface area contributed by atoms with Crippen molar-refractivity contribution < 1.29 is 4.79 Å². The number of hydrogen-bond donors (Lipinski definition) is 2. The predicted molar refractivity (Wildman–Crippen MR) is 51.2 cm³/mol. The molecule has 76 valence electrons. The molecule has 1 rings (SSSR count). The van der Waals surface area contributed by atoms with Gasteiger partial charge in [0.1, 0.15) is 6.54 Å². The molecule has 0 atom stereocenters. The van der Waals surface area contributed by atoms with Crippen LogP contribution >= 0.6 is 0 Å². The number of carbonyl (C=O) groups excluding carboxylic acids is 1. The molecule has 0 saturated carbocycles. The molecule has 6 heteroatoms. The van der Waals surface area contributed by atoms with Crippen LogP contribution in [0.1, 0.15) is 0 Å². The van der Waals surface area contributed by atoms with Crippen molar-refractivity contribution in [3.63, 3.8) is 0 Å². The van der Waals surface area contributed by atoms with E-state index in [1.165, 1.54) is 10.9 Å². The van der Waals surface area contributed by atoms with E-state index in [1.807, 2.05) is 0 Å². The van der Waals surface area contributed by atoms with E-state index >= 15 is 0 Å². The Morgan fingerprint density at radius 1 is 1.57 bits per heavy atom. The highest BCUT2D eigenvalue weighted by Gasteiger charge is 2.00. The van der Waals surface area contributed by atoms with Crippen LogP contribution in [0.15, 0.2) is 24.5 Å². The first-order chi connectivity index (χ1) is 6.83. The van der Waals surface area contributed by atoms with Gasteiger partial charge in [-0.2, -0.15) is 0 Å². The maximum absolute atomic E-state index is 11.2. The Labute approximate surface area is 81.8 Å². The lowest BCUT2D eigenvalue weighted by molar-refractivity contribution is -0.121. The molecule has 1 aromatic rings. The Morgan fingerprint density at radius 2 is 2.43 bits per heavy atom. The number of nitrogens with zero attached hydrogens (tertiary/aromatic N) is 3. The SMILES string of the molecule is NC/C=C/CNC(=O)Cn1ccnn1. The van der Waals surface area contributed by atoms with Gasteiger partial charge in [0.15, 0.2) is 0 Å². The largest absolute Gasteiger partial charge is 0.351 e. The summed E-state index contributed by atoms with van der Waals surface area (Å²) in [6.45, 7) is 1.17. The summed E-state index contributed by atoms with van der Waals surface area (Å²) >= 11 is 0. The molecule has 3 N–H and O–H groups in total. The van der Waals surface area contributed by atoms with E-state index in [-0.39, 0.29) is 12.5 Å². The van der Waals surface area contributed by atoms with Crippen molar-refractivity contribution in [2.75, 3.05) is 13.1 Å². The Bertz CT molecular complexity index is 293. The molecule has 1 aromatic heterocycles. The molecule has 0 bridgehead atoms. The summed E-state index contributed by atoms with van der Waals surface area (Å²) < 4.78 is 1.46. The third-order valence-electron chi connectivity index (χ3n) is 1.50. The van der Waals surface area contributed by atoms with Crippen LogP contribution in [0, 0.1) is 0 Å². The fraction of sp³-hybridized carbons (Fsp3) is 0.375. The lowest BCUT2D eigenvalue weighted by atomic mass is 10.4. The van der Waals surface area contributed by atoms with Gasteiger partial charge >= 0.3 is 0 Å². The minimum Gasteiger partial charge on any atom is -0.351 e. The number of nitrogens with two attached hydrogens (primary N) is 1. The quantitative estimate of drug-likeness (QED) is 0.584. The molecule has 0 aromatic carbocycles. The van der Waals surface area contributed by atoms with Gasteiger partial charge in [-0.3, -0.25) is 4.79 Å². The van der Waals surface area contributed by atoms with Crippen molar-refractivity contribution in [3.8, 4) is 0 Å². The molecule has 0 fully saturated rings. The molecule has 0 radical (unpaired) electrons. The van der Waals surface area contributed by atoms with Crippen molar-refractivity contribution in [2.45, 2.75) is 6.54 Å². The number of nitrogens with one attached hydrogen (secondary N) is 1. The standard InChI is InChI=1S/C8H13N5O/c9-3-1-2-4-10-8(14)7-13-6-5-11-12-13/h1-2,5-6H,3-4,7,9H2,(H,10,14)/b2-1+. The molecule has 14 heavy (non-hydrogen) atoms. The summed E-state index contributed by atoms with van der Waals surface area (Å²) in [5.41, 5.74) is 5.23. The third-order valence-corrected chi connectivity index (χ3v) is 1.50. The first-order valence-corrected chi connectivity index (χ1v) is 4.29. The molecule has 0 aliphatic heterocycles. The van der Waals surface area contributed by atoms with Crippen LogP contribution in [0.25, 0.3) is 0 Å². The zero-order valence-electron chi connectivity index (χ0n) is 7.76. The minimum absolute atomic E-state index is 0.0998. The van der Waals surface area contributed by atoms with Crippen molar-refractivity contribution in [1.29, 1.82) is 0 Å². The first-order valence-electron chi connectivity index (χ1n) is 4.29. The predicted octanol–water partition coefficient (Wildman–Crippen LogP) is -1.09. The second kappa shape index (κ2) is 5.87. The monoisotopic (exact) mass is 195 g/mol. The number of amides is 1. The molecule has 6 nitrogen and oxygen atoms in total. The number of hydrogen-bond acceptors (Lipinski definition) is 4. The van der Waals surface area contributed by atoms with Crippen molar-refractivity contribution in [1.82, 2.24) is 20.3 Å². The Hall–Kier alpha value is -1.69. The average molecular weight is 195 g/mol. The Balaban J connectivity index is 2.20. The summed E-state index contributed by atoms with van der Waals surface area (Å²) in [6.07, 6.45) is 6.76. The topological polar surface area (TPSA) is 85.8 Å². The van der Waals surface area contributed by atoms with Crippen LogP contribution in [0.5, 0.6) is 0 Å². The van der Waals surface area contributed by atoms with E-state index in [0.29, 0.717) is 13.1 Å². The number of aromatic nitrogens is 3. The Morgan fingerprint density at radius 3 is 3.07 bits per heavy atom. The molecule has 1 heterocycles. The van der Waals surface area contributed by atoms with Gasteiger partial charge in [0.05, 0.1) is 6.20 Å². The number of rotatable bonds is 5. The van der Waals surface area contributed by atoms with Gasteiger partial charge in [-0.15, -0.1) is 5.10 Å². The lowest BCUT2D eigenvalue weighted by Gasteiger charge is -2.00.